The van der Waals surface area contributed by atoms with Crippen molar-refractivity contribution in [1.29, 1.82) is 0 Å². The van der Waals surface area contributed by atoms with E-state index in [0.717, 1.165) is 5.56 Å². The summed E-state index contributed by atoms with van der Waals surface area (Å²) >= 11 is 0. The summed E-state index contributed by atoms with van der Waals surface area (Å²) in [5, 5.41) is 7.36. The van der Waals surface area contributed by atoms with Crippen molar-refractivity contribution in [2.24, 2.45) is 0 Å². The molecule has 0 spiro atoms. The number of benzene rings is 2. The third kappa shape index (κ3) is 4.01. The van der Waals surface area contributed by atoms with E-state index in [2.05, 4.69) is 15.4 Å². The van der Waals surface area contributed by atoms with Crippen LogP contribution in [0, 0.1) is 5.82 Å². The molecule has 2 aromatic carbocycles. The number of halogens is 1. The summed E-state index contributed by atoms with van der Waals surface area (Å²) in [5.74, 6) is 0.645. The summed E-state index contributed by atoms with van der Waals surface area (Å²) in [7, 11) is 1.34. The molecule has 0 aliphatic carbocycles. The van der Waals surface area contributed by atoms with Gasteiger partial charge in [-0.15, -0.1) is 0 Å². The Labute approximate surface area is 184 Å². The van der Waals surface area contributed by atoms with Crippen molar-refractivity contribution in [3.63, 3.8) is 0 Å². The molecular weight excluding hydrogens is 415 g/mol. The van der Waals surface area contributed by atoms with E-state index >= 15 is 0 Å². The Morgan fingerprint density at radius 1 is 1.19 bits per heavy atom. The number of allylic oxidation sites excluding steroid dienone is 1. The maximum absolute atomic E-state index is 14.0. The predicted molar refractivity (Wildman–Crippen MR) is 115 cm³/mol. The lowest BCUT2D eigenvalue weighted by atomic mass is 9.95. The fraction of sp³-hybridized carbons (Fsp3) is 0.261. The van der Waals surface area contributed by atoms with Gasteiger partial charge in [-0.1, -0.05) is 24.3 Å². The Hall–Kier alpha value is -3.88. The van der Waals surface area contributed by atoms with E-state index in [9.17, 15) is 9.18 Å². The van der Waals surface area contributed by atoms with Gasteiger partial charge in [-0.2, -0.15) is 10.1 Å². The number of hydrogen-bond acceptors (Lipinski definition) is 7. The molecule has 0 saturated heterocycles. The fourth-order valence-corrected chi connectivity index (χ4v) is 3.63. The Bertz CT molecular complexity index is 1170. The number of anilines is 1. The van der Waals surface area contributed by atoms with E-state index in [0.29, 0.717) is 40.9 Å². The maximum atomic E-state index is 14.0. The molecule has 2 heterocycles. The molecule has 1 N–H and O–H groups in total. The van der Waals surface area contributed by atoms with Crippen molar-refractivity contribution in [2.45, 2.75) is 26.5 Å². The van der Waals surface area contributed by atoms with Crippen LogP contribution in [-0.2, 0) is 16.1 Å². The quantitative estimate of drug-likeness (QED) is 0.561. The van der Waals surface area contributed by atoms with Gasteiger partial charge in [0, 0.05) is 11.3 Å². The summed E-state index contributed by atoms with van der Waals surface area (Å²) in [6.07, 6.45) is 1.41. The van der Waals surface area contributed by atoms with Crippen molar-refractivity contribution in [3.05, 3.63) is 77.0 Å². The summed E-state index contributed by atoms with van der Waals surface area (Å²) in [6.45, 7) is 4.10. The molecule has 8 nitrogen and oxygen atoms in total. The van der Waals surface area contributed by atoms with Gasteiger partial charge in [-0.25, -0.2) is 13.9 Å². The van der Waals surface area contributed by atoms with Gasteiger partial charge in [0.2, 0.25) is 5.95 Å². The zero-order valence-corrected chi connectivity index (χ0v) is 18.0. The lowest BCUT2D eigenvalue weighted by Gasteiger charge is -2.28. The molecule has 4 rings (SSSR count). The second-order valence-corrected chi connectivity index (χ2v) is 7.11. The number of esters is 1. The first-order chi connectivity index (χ1) is 15.5. The van der Waals surface area contributed by atoms with Crippen LogP contribution in [0.15, 0.2) is 60.1 Å². The first-order valence-electron chi connectivity index (χ1n) is 10.1. The minimum absolute atomic E-state index is 0.0547. The Balaban J connectivity index is 1.71. The molecule has 0 unspecified atom stereocenters. The number of carbonyl (C=O) groups excluding carboxylic acids is 1. The SMILES string of the molecule is CCOc1cc([C@H]2C(C(=O)OC)=C(C)Nc3ncnn32)ccc1OCc1ccccc1F. The van der Waals surface area contributed by atoms with Gasteiger partial charge in [0.25, 0.3) is 0 Å². The van der Waals surface area contributed by atoms with Crippen LogP contribution < -0.4 is 14.8 Å². The van der Waals surface area contributed by atoms with E-state index in [4.69, 9.17) is 14.2 Å². The van der Waals surface area contributed by atoms with E-state index in [-0.39, 0.29) is 12.4 Å². The van der Waals surface area contributed by atoms with Crippen LogP contribution in [0.2, 0.25) is 0 Å². The highest BCUT2D eigenvalue weighted by atomic mass is 19.1. The molecule has 1 atom stereocenters. The molecular formula is C23H23FN4O4. The summed E-state index contributed by atoms with van der Waals surface area (Å²) in [4.78, 5) is 16.8. The number of carbonyl (C=O) groups is 1. The van der Waals surface area contributed by atoms with Crippen LogP contribution in [0.5, 0.6) is 11.5 Å². The van der Waals surface area contributed by atoms with Crippen LogP contribution in [0.25, 0.3) is 0 Å². The first-order valence-corrected chi connectivity index (χ1v) is 10.1. The summed E-state index contributed by atoms with van der Waals surface area (Å²) in [5.41, 5.74) is 2.21. The average molecular weight is 438 g/mol. The van der Waals surface area contributed by atoms with Crippen molar-refractivity contribution in [2.75, 3.05) is 19.0 Å². The highest BCUT2D eigenvalue weighted by molar-refractivity contribution is 5.92. The highest BCUT2D eigenvalue weighted by Gasteiger charge is 2.34. The zero-order valence-electron chi connectivity index (χ0n) is 18.0. The number of aromatic nitrogens is 3. The van der Waals surface area contributed by atoms with Crippen LogP contribution >= 0.6 is 0 Å². The third-order valence-corrected chi connectivity index (χ3v) is 5.12. The second kappa shape index (κ2) is 9.09. The maximum Gasteiger partial charge on any atom is 0.338 e. The first kappa shape index (κ1) is 21.4. The van der Waals surface area contributed by atoms with E-state index in [1.807, 2.05) is 13.0 Å². The van der Waals surface area contributed by atoms with Gasteiger partial charge in [0.05, 0.1) is 19.3 Å². The normalized spacial score (nSPS) is 15.1. The van der Waals surface area contributed by atoms with Gasteiger partial charge in [0.15, 0.2) is 11.5 Å². The molecule has 0 radical (unpaired) electrons. The van der Waals surface area contributed by atoms with Gasteiger partial charge < -0.3 is 19.5 Å². The molecule has 1 aliphatic heterocycles. The zero-order chi connectivity index (χ0) is 22.7. The predicted octanol–water partition coefficient (Wildman–Crippen LogP) is 3.86. The minimum atomic E-state index is -0.568. The molecule has 0 bridgehead atoms. The summed E-state index contributed by atoms with van der Waals surface area (Å²) < 4.78 is 32.2. The Morgan fingerprint density at radius 2 is 2.00 bits per heavy atom. The van der Waals surface area contributed by atoms with Crippen LogP contribution in [0.4, 0.5) is 10.3 Å². The number of fused-ring (bicyclic) bond motifs is 1. The molecule has 1 aromatic heterocycles. The van der Waals surface area contributed by atoms with Crippen LogP contribution in [0.3, 0.4) is 0 Å². The number of hydrogen-bond donors (Lipinski definition) is 1. The summed E-state index contributed by atoms with van der Waals surface area (Å²) in [6, 6.07) is 11.2. The molecule has 1 aliphatic rings. The molecule has 32 heavy (non-hydrogen) atoms. The number of nitrogens with zero attached hydrogens (tertiary/aromatic N) is 3. The van der Waals surface area contributed by atoms with Crippen molar-refractivity contribution < 1.29 is 23.4 Å². The molecule has 0 saturated carbocycles. The standard InChI is InChI=1S/C23H23FN4O4/c1-4-31-19-11-15(9-10-18(19)32-12-16-7-5-6-8-17(16)24)21-20(22(29)30-3)14(2)27-23-25-13-26-28(21)23/h5-11,13,21H,4,12H2,1-3H3,(H,25,26,27)/t21-/m0/s1. The second-order valence-electron chi connectivity index (χ2n) is 7.11. The van der Waals surface area contributed by atoms with E-state index in [1.165, 1.54) is 19.5 Å². The topological polar surface area (TPSA) is 87.5 Å². The van der Waals surface area contributed by atoms with E-state index in [1.54, 1.807) is 41.9 Å². The lowest BCUT2D eigenvalue weighted by molar-refractivity contribution is -0.136. The number of nitrogens with one attached hydrogen (secondary N) is 1. The highest BCUT2D eigenvalue weighted by Crippen LogP contribution is 2.39. The van der Waals surface area contributed by atoms with Crippen molar-refractivity contribution in [3.8, 4) is 11.5 Å². The third-order valence-electron chi connectivity index (χ3n) is 5.12. The number of rotatable bonds is 7. The average Bonchev–Trinajstić information content (AvgIpc) is 3.26. The number of methoxy groups -OCH3 is 1. The van der Waals surface area contributed by atoms with Gasteiger partial charge >= 0.3 is 5.97 Å². The fourth-order valence-electron chi connectivity index (χ4n) is 3.63. The van der Waals surface area contributed by atoms with Crippen molar-refractivity contribution >= 4 is 11.9 Å². The monoisotopic (exact) mass is 438 g/mol. The van der Waals surface area contributed by atoms with Gasteiger partial charge in [-0.05, 0) is 37.6 Å². The van der Waals surface area contributed by atoms with Gasteiger partial charge in [0.1, 0.15) is 24.8 Å². The van der Waals surface area contributed by atoms with Gasteiger partial charge in [-0.3, -0.25) is 0 Å². The molecule has 166 valence electrons. The minimum Gasteiger partial charge on any atom is -0.490 e. The van der Waals surface area contributed by atoms with Crippen LogP contribution in [-0.4, -0.2) is 34.5 Å². The Kier molecular flexibility index (Phi) is 6.07. The smallest absolute Gasteiger partial charge is 0.338 e. The molecule has 0 fully saturated rings. The largest absolute Gasteiger partial charge is 0.490 e. The molecule has 0 amide bonds. The van der Waals surface area contributed by atoms with E-state index < -0.39 is 12.0 Å². The Morgan fingerprint density at radius 3 is 2.75 bits per heavy atom. The number of ether oxygens (including phenoxy) is 3. The molecule has 9 heteroatoms. The molecule has 3 aromatic rings. The lowest BCUT2D eigenvalue weighted by Crippen LogP contribution is -2.29. The van der Waals surface area contributed by atoms with Crippen LogP contribution in [0.1, 0.15) is 31.0 Å². The van der Waals surface area contributed by atoms with Crippen molar-refractivity contribution in [1.82, 2.24) is 14.8 Å².